The fourth-order valence-electron chi connectivity index (χ4n) is 1.86. The van der Waals surface area contributed by atoms with E-state index in [-0.39, 0.29) is 17.5 Å². The molecule has 0 bridgehead atoms. The lowest BCUT2D eigenvalue weighted by atomic mass is 10.3. The maximum Gasteiger partial charge on any atom is 0.225 e. The third-order valence-electron chi connectivity index (χ3n) is 2.77. The lowest BCUT2D eigenvalue weighted by Gasteiger charge is -2.33. The molecule has 17 heavy (non-hydrogen) atoms. The molecule has 7 heteroatoms. The predicted molar refractivity (Wildman–Crippen MR) is 70.1 cm³/mol. The van der Waals surface area contributed by atoms with Crippen LogP contribution in [0.15, 0.2) is 12.4 Å². The summed E-state index contributed by atoms with van der Waals surface area (Å²) >= 11 is 3.33. The standard InChI is InChI=1S/C10H14BrN3O2S/c1-8-7-17(15,16)3-2-14(8)10-12-5-9(4-11)6-13-10/h5-6,8H,2-4,7H2,1H3. The Morgan fingerprint density at radius 2 is 2.12 bits per heavy atom. The predicted octanol–water partition coefficient (Wildman–Crippen LogP) is 0.995. The van der Waals surface area contributed by atoms with E-state index in [0.29, 0.717) is 12.5 Å². The molecular formula is C10H14BrN3O2S. The first-order valence-electron chi connectivity index (χ1n) is 5.36. The molecule has 2 heterocycles. The monoisotopic (exact) mass is 319 g/mol. The largest absolute Gasteiger partial charge is 0.336 e. The van der Waals surface area contributed by atoms with Crippen molar-refractivity contribution in [3.8, 4) is 0 Å². The summed E-state index contributed by atoms with van der Waals surface area (Å²) in [6.45, 7) is 2.36. The summed E-state index contributed by atoms with van der Waals surface area (Å²) in [5, 5.41) is 0.719. The average Bonchev–Trinajstić information content (AvgIpc) is 2.28. The van der Waals surface area contributed by atoms with Crippen LogP contribution in [-0.4, -0.2) is 42.5 Å². The lowest BCUT2D eigenvalue weighted by molar-refractivity contribution is 0.565. The van der Waals surface area contributed by atoms with Gasteiger partial charge < -0.3 is 4.90 Å². The van der Waals surface area contributed by atoms with E-state index in [1.165, 1.54) is 0 Å². The van der Waals surface area contributed by atoms with Crippen molar-refractivity contribution in [2.45, 2.75) is 18.3 Å². The summed E-state index contributed by atoms with van der Waals surface area (Å²) in [5.74, 6) is 0.967. The van der Waals surface area contributed by atoms with Crippen LogP contribution in [-0.2, 0) is 15.2 Å². The van der Waals surface area contributed by atoms with E-state index in [2.05, 4.69) is 25.9 Å². The molecule has 0 saturated carbocycles. The van der Waals surface area contributed by atoms with Crippen LogP contribution < -0.4 is 4.90 Å². The van der Waals surface area contributed by atoms with Crippen LogP contribution >= 0.6 is 15.9 Å². The molecule has 0 amide bonds. The molecule has 0 spiro atoms. The Balaban J connectivity index is 2.17. The molecule has 1 unspecified atom stereocenters. The van der Waals surface area contributed by atoms with Crippen LogP contribution in [0.2, 0.25) is 0 Å². The minimum Gasteiger partial charge on any atom is -0.336 e. The van der Waals surface area contributed by atoms with Crippen molar-refractivity contribution in [2.75, 3.05) is 23.0 Å². The number of nitrogens with zero attached hydrogens (tertiary/aromatic N) is 3. The second-order valence-electron chi connectivity index (χ2n) is 4.18. The van der Waals surface area contributed by atoms with E-state index >= 15 is 0 Å². The van der Waals surface area contributed by atoms with E-state index in [1.807, 2.05) is 11.8 Å². The molecule has 1 fully saturated rings. The van der Waals surface area contributed by atoms with Crippen molar-refractivity contribution in [1.82, 2.24) is 9.97 Å². The van der Waals surface area contributed by atoms with Crippen molar-refractivity contribution in [1.29, 1.82) is 0 Å². The lowest BCUT2D eigenvalue weighted by Crippen LogP contribution is -2.47. The van der Waals surface area contributed by atoms with Crippen molar-refractivity contribution in [3.05, 3.63) is 18.0 Å². The zero-order valence-corrected chi connectivity index (χ0v) is 11.9. The summed E-state index contributed by atoms with van der Waals surface area (Å²) in [6, 6.07) is -0.0661. The number of aromatic nitrogens is 2. The Labute approximate surface area is 109 Å². The summed E-state index contributed by atoms with van der Waals surface area (Å²) in [4.78, 5) is 10.5. The van der Waals surface area contributed by atoms with Crippen LogP contribution in [0.25, 0.3) is 0 Å². The van der Waals surface area contributed by atoms with Crippen molar-refractivity contribution >= 4 is 31.7 Å². The number of hydrogen-bond donors (Lipinski definition) is 0. The van der Waals surface area contributed by atoms with E-state index < -0.39 is 9.84 Å². The minimum absolute atomic E-state index is 0.0661. The zero-order valence-electron chi connectivity index (χ0n) is 9.50. The molecule has 0 radical (unpaired) electrons. The first kappa shape index (κ1) is 12.8. The van der Waals surface area contributed by atoms with E-state index in [9.17, 15) is 8.42 Å². The highest BCUT2D eigenvalue weighted by molar-refractivity contribution is 9.08. The molecule has 1 aromatic rings. The van der Waals surface area contributed by atoms with E-state index in [4.69, 9.17) is 0 Å². The SMILES string of the molecule is CC1CS(=O)(=O)CCN1c1ncc(CBr)cn1. The van der Waals surface area contributed by atoms with Gasteiger partial charge in [-0.2, -0.15) is 0 Å². The third kappa shape index (κ3) is 2.95. The molecule has 1 aromatic heterocycles. The molecule has 94 valence electrons. The van der Waals surface area contributed by atoms with Crippen LogP contribution in [0.1, 0.15) is 12.5 Å². The quantitative estimate of drug-likeness (QED) is 0.761. The van der Waals surface area contributed by atoms with Crippen LogP contribution in [0.3, 0.4) is 0 Å². The number of alkyl halides is 1. The van der Waals surface area contributed by atoms with Gasteiger partial charge in [0, 0.05) is 30.3 Å². The van der Waals surface area contributed by atoms with Crippen molar-refractivity contribution in [3.63, 3.8) is 0 Å². The summed E-state index contributed by atoms with van der Waals surface area (Å²) < 4.78 is 22.9. The number of sulfone groups is 1. The number of hydrogen-bond acceptors (Lipinski definition) is 5. The molecule has 5 nitrogen and oxygen atoms in total. The molecule has 1 aliphatic rings. The van der Waals surface area contributed by atoms with Gasteiger partial charge in [0.05, 0.1) is 11.5 Å². The molecule has 1 atom stereocenters. The third-order valence-corrected chi connectivity index (χ3v) is 5.22. The van der Waals surface area contributed by atoms with Crippen molar-refractivity contribution < 1.29 is 8.42 Å². The Hall–Kier alpha value is -0.690. The average molecular weight is 320 g/mol. The van der Waals surface area contributed by atoms with Crippen LogP contribution in [0, 0.1) is 0 Å². The molecule has 0 N–H and O–H groups in total. The highest BCUT2D eigenvalue weighted by atomic mass is 79.9. The zero-order chi connectivity index (χ0) is 12.5. The molecule has 1 aliphatic heterocycles. The van der Waals surface area contributed by atoms with Gasteiger partial charge in [-0.15, -0.1) is 0 Å². The first-order valence-corrected chi connectivity index (χ1v) is 8.30. The van der Waals surface area contributed by atoms with Gasteiger partial charge in [-0.1, -0.05) is 15.9 Å². The fraction of sp³-hybridized carbons (Fsp3) is 0.600. The van der Waals surface area contributed by atoms with Gasteiger partial charge in [0.15, 0.2) is 9.84 Å². The van der Waals surface area contributed by atoms with E-state index in [0.717, 1.165) is 10.9 Å². The maximum atomic E-state index is 11.5. The number of anilines is 1. The molecule has 0 aromatic carbocycles. The minimum atomic E-state index is -2.89. The van der Waals surface area contributed by atoms with Crippen LogP contribution in [0.5, 0.6) is 0 Å². The van der Waals surface area contributed by atoms with Gasteiger partial charge >= 0.3 is 0 Å². The maximum absolute atomic E-state index is 11.5. The number of rotatable bonds is 2. The second kappa shape index (κ2) is 4.89. The smallest absolute Gasteiger partial charge is 0.225 e. The van der Waals surface area contributed by atoms with E-state index in [1.54, 1.807) is 12.4 Å². The Bertz CT molecular complexity index is 489. The van der Waals surface area contributed by atoms with Gasteiger partial charge in [0.1, 0.15) is 0 Å². The van der Waals surface area contributed by atoms with Gasteiger partial charge in [-0.05, 0) is 12.5 Å². The summed E-state index contributed by atoms with van der Waals surface area (Å²) in [6.07, 6.45) is 3.51. The number of halogens is 1. The second-order valence-corrected chi connectivity index (χ2v) is 6.97. The first-order chi connectivity index (χ1) is 8.02. The Kier molecular flexibility index (Phi) is 3.67. The van der Waals surface area contributed by atoms with Gasteiger partial charge in [-0.25, -0.2) is 18.4 Å². The molecule has 1 saturated heterocycles. The summed E-state index contributed by atoms with van der Waals surface area (Å²) in [7, 11) is -2.89. The molecular weight excluding hydrogens is 306 g/mol. The molecule has 2 rings (SSSR count). The normalized spacial score (nSPS) is 23.6. The van der Waals surface area contributed by atoms with Crippen LogP contribution in [0.4, 0.5) is 5.95 Å². The van der Waals surface area contributed by atoms with Gasteiger partial charge in [0.2, 0.25) is 5.95 Å². The summed E-state index contributed by atoms with van der Waals surface area (Å²) in [5.41, 5.74) is 1.01. The highest BCUT2D eigenvalue weighted by Crippen LogP contribution is 2.17. The highest BCUT2D eigenvalue weighted by Gasteiger charge is 2.29. The fourth-order valence-corrected chi connectivity index (χ4v) is 3.71. The van der Waals surface area contributed by atoms with Crippen molar-refractivity contribution in [2.24, 2.45) is 0 Å². The van der Waals surface area contributed by atoms with Gasteiger partial charge in [0.25, 0.3) is 0 Å². The molecule has 0 aliphatic carbocycles. The Morgan fingerprint density at radius 1 is 1.47 bits per heavy atom. The Morgan fingerprint density at radius 3 is 2.65 bits per heavy atom. The topological polar surface area (TPSA) is 63.2 Å². The van der Waals surface area contributed by atoms with Gasteiger partial charge in [-0.3, -0.25) is 0 Å².